The van der Waals surface area contributed by atoms with Crippen LogP contribution in [0.15, 0.2) is 72.8 Å². The van der Waals surface area contributed by atoms with Gasteiger partial charge in [-0.1, -0.05) is 60.7 Å². The number of amides is 2. The monoisotopic (exact) mass is 413 g/mol. The molecule has 2 aliphatic heterocycles. The van der Waals surface area contributed by atoms with Crippen molar-refractivity contribution in [3.05, 3.63) is 78.4 Å². The summed E-state index contributed by atoms with van der Waals surface area (Å²) in [6.07, 6.45) is 0.592. The lowest BCUT2D eigenvalue weighted by Gasteiger charge is -2.35. The molecule has 1 unspecified atom stereocenters. The largest absolute Gasteiger partial charge is 0.339 e. The molecule has 0 saturated carbocycles. The van der Waals surface area contributed by atoms with Crippen LogP contribution in [0.2, 0.25) is 0 Å². The number of hydrogen-bond donors (Lipinski definition) is 0. The summed E-state index contributed by atoms with van der Waals surface area (Å²) in [7, 11) is 0. The molecule has 5 heteroatoms. The topological polar surface area (TPSA) is 43.9 Å². The zero-order valence-electron chi connectivity index (χ0n) is 17.6. The summed E-state index contributed by atoms with van der Waals surface area (Å²) in [6, 6.07) is 24.6. The third-order valence-corrected chi connectivity index (χ3v) is 6.48. The van der Waals surface area contributed by atoms with Crippen LogP contribution in [0, 0.1) is 5.92 Å². The maximum Gasteiger partial charge on any atom is 0.239 e. The van der Waals surface area contributed by atoms with Gasteiger partial charge in [-0.2, -0.15) is 0 Å². The van der Waals surface area contributed by atoms with Gasteiger partial charge in [-0.05, 0) is 34.9 Å². The molecule has 0 aliphatic carbocycles. The van der Waals surface area contributed by atoms with Crippen LogP contribution in [-0.2, 0) is 16.1 Å². The molecule has 2 amide bonds. The molecule has 2 fully saturated rings. The molecule has 158 valence electrons. The van der Waals surface area contributed by atoms with E-state index in [0.29, 0.717) is 26.1 Å². The van der Waals surface area contributed by atoms with Crippen LogP contribution < -0.4 is 4.90 Å². The lowest BCUT2D eigenvalue weighted by Crippen LogP contribution is -2.51. The Morgan fingerprint density at radius 3 is 2.29 bits per heavy atom. The predicted octanol–water partition coefficient (Wildman–Crippen LogP) is 3.54. The molecule has 2 aliphatic rings. The average molecular weight is 414 g/mol. The van der Waals surface area contributed by atoms with Crippen molar-refractivity contribution in [2.24, 2.45) is 5.92 Å². The second kappa shape index (κ2) is 8.52. The minimum absolute atomic E-state index is 0.00681. The van der Waals surface area contributed by atoms with E-state index < -0.39 is 5.92 Å². The molecule has 0 aromatic heterocycles. The summed E-state index contributed by atoms with van der Waals surface area (Å²) >= 11 is 0. The fourth-order valence-electron chi connectivity index (χ4n) is 4.70. The smallest absolute Gasteiger partial charge is 0.239 e. The van der Waals surface area contributed by atoms with Crippen LogP contribution in [0.5, 0.6) is 0 Å². The van der Waals surface area contributed by atoms with Crippen molar-refractivity contribution in [1.82, 2.24) is 9.80 Å². The number of anilines is 1. The molecule has 5 rings (SSSR count). The highest BCUT2D eigenvalue weighted by Crippen LogP contribution is 2.29. The molecule has 0 spiro atoms. The van der Waals surface area contributed by atoms with E-state index in [9.17, 15) is 9.59 Å². The Bertz CT molecular complexity index is 1090. The molecule has 3 aromatic carbocycles. The molecule has 31 heavy (non-hydrogen) atoms. The van der Waals surface area contributed by atoms with Crippen LogP contribution in [0.3, 0.4) is 0 Å². The Hall–Kier alpha value is -3.18. The van der Waals surface area contributed by atoms with Crippen molar-refractivity contribution in [1.29, 1.82) is 0 Å². The second-order valence-corrected chi connectivity index (χ2v) is 8.45. The van der Waals surface area contributed by atoms with E-state index in [1.165, 1.54) is 5.56 Å². The number of hydrogen-bond acceptors (Lipinski definition) is 3. The third kappa shape index (κ3) is 4.06. The summed E-state index contributed by atoms with van der Waals surface area (Å²) in [5.41, 5.74) is 2.17. The summed E-state index contributed by atoms with van der Waals surface area (Å²) in [4.78, 5) is 32.3. The standard InChI is InChI=1S/C26H27N3O2/c30-25(28-16-14-27(15-17-28)19-20-6-2-1-3-7-20)24-12-13-29(26(24)31)23-11-10-21-8-4-5-9-22(21)18-23/h1-11,18,24H,12-17,19H2. The molecule has 1 atom stereocenters. The van der Waals surface area contributed by atoms with E-state index in [1.807, 2.05) is 41.3 Å². The summed E-state index contributed by atoms with van der Waals surface area (Å²) in [5, 5.41) is 2.26. The van der Waals surface area contributed by atoms with Crippen molar-refractivity contribution in [3.8, 4) is 0 Å². The van der Waals surface area contributed by atoms with Crippen molar-refractivity contribution < 1.29 is 9.59 Å². The van der Waals surface area contributed by atoms with Crippen molar-refractivity contribution in [3.63, 3.8) is 0 Å². The zero-order chi connectivity index (χ0) is 21.2. The van der Waals surface area contributed by atoms with Gasteiger partial charge >= 0.3 is 0 Å². The van der Waals surface area contributed by atoms with Gasteiger partial charge < -0.3 is 9.80 Å². The highest BCUT2D eigenvalue weighted by molar-refractivity contribution is 6.10. The van der Waals surface area contributed by atoms with Crippen molar-refractivity contribution in [2.45, 2.75) is 13.0 Å². The number of carbonyl (C=O) groups excluding carboxylic acids is 2. The minimum Gasteiger partial charge on any atom is -0.339 e. The molecule has 2 heterocycles. The predicted molar refractivity (Wildman–Crippen MR) is 123 cm³/mol. The SMILES string of the molecule is O=C(C1CCN(c2ccc3ccccc3c2)C1=O)N1CCN(Cc2ccccc2)CC1. The van der Waals surface area contributed by atoms with Gasteiger partial charge in [-0.15, -0.1) is 0 Å². The van der Waals surface area contributed by atoms with Gasteiger partial charge in [0.2, 0.25) is 11.8 Å². The Balaban J connectivity index is 1.21. The molecule has 0 bridgehead atoms. The highest BCUT2D eigenvalue weighted by Gasteiger charge is 2.40. The van der Waals surface area contributed by atoms with Crippen molar-refractivity contribution in [2.75, 3.05) is 37.6 Å². The highest BCUT2D eigenvalue weighted by atomic mass is 16.2. The van der Waals surface area contributed by atoms with E-state index in [2.05, 4.69) is 41.3 Å². The average Bonchev–Trinajstić information content (AvgIpc) is 3.20. The third-order valence-electron chi connectivity index (χ3n) is 6.48. The first kappa shape index (κ1) is 19.8. The molecule has 0 N–H and O–H groups in total. The summed E-state index contributed by atoms with van der Waals surface area (Å²) in [6.45, 7) is 4.56. The van der Waals surface area contributed by atoms with Crippen LogP contribution in [-0.4, -0.2) is 54.3 Å². The number of benzene rings is 3. The van der Waals surface area contributed by atoms with Crippen molar-refractivity contribution >= 4 is 28.3 Å². The lowest BCUT2D eigenvalue weighted by atomic mass is 10.1. The van der Waals surface area contributed by atoms with Gasteiger partial charge in [0.05, 0.1) is 0 Å². The zero-order valence-corrected chi connectivity index (χ0v) is 17.6. The molecule has 2 saturated heterocycles. The van der Waals surface area contributed by atoms with E-state index in [-0.39, 0.29) is 11.8 Å². The summed E-state index contributed by atoms with van der Waals surface area (Å²) in [5.74, 6) is -0.619. The lowest BCUT2D eigenvalue weighted by molar-refractivity contribution is -0.141. The molecule has 5 nitrogen and oxygen atoms in total. The minimum atomic E-state index is -0.549. The maximum atomic E-state index is 13.1. The first-order valence-corrected chi connectivity index (χ1v) is 11.0. The van der Waals surface area contributed by atoms with Gasteiger partial charge in [0.1, 0.15) is 5.92 Å². The number of nitrogens with zero attached hydrogens (tertiary/aromatic N) is 3. The van der Waals surface area contributed by atoms with E-state index in [0.717, 1.165) is 36.1 Å². The van der Waals surface area contributed by atoms with Gasteiger partial charge in [0.25, 0.3) is 0 Å². The maximum absolute atomic E-state index is 13.1. The number of fused-ring (bicyclic) bond motifs is 1. The first-order valence-electron chi connectivity index (χ1n) is 11.0. The quantitative estimate of drug-likeness (QED) is 0.615. The number of carbonyl (C=O) groups is 2. The number of rotatable bonds is 4. The normalized spacial score (nSPS) is 19.9. The van der Waals surface area contributed by atoms with E-state index in [1.54, 1.807) is 4.90 Å². The summed E-state index contributed by atoms with van der Waals surface area (Å²) < 4.78 is 0. The molecular formula is C26H27N3O2. The molecule has 0 radical (unpaired) electrons. The van der Waals surface area contributed by atoms with Gasteiger partial charge in [0, 0.05) is 45.0 Å². The first-order chi connectivity index (χ1) is 15.2. The fourth-order valence-corrected chi connectivity index (χ4v) is 4.70. The fraction of sp³-hybridized carbons (Fsp3) is 0.308. The van der Waals surface area contributed by atoms with E-state index >= 15 is 0 Å². The van der Waals surface area contributed by atoms with Gasteiger partial charge in [-0.3, -0.25) is 14.5 Å². The Morgan fingerprint density at radius 1 is 0.806 bits per heavy atom. The Labute approximate surface area is 182 Å². The van der Waals surface area contributed by atoms with Crippen LogP contribution in [0.4, 0.5) is 5.69 Å². The van der Waals surface area contributed by atoms with Crippen LogP contribution in [0.1, 0.15) is 12.0 Å². The molecule has 3 aromatic rings. The number of piperazine rings is 1. The second-order valence-electron chi connectivity index (χ2n) is 8.45. The van der Waals surface area contributed by atoms with Gasteiger partial charge in [0.15, 0.2) is 0 Å². The van der Waals surface area contributed by atoms with E-state index in [4.69, 9.17) is 0 Å². The molecular weight excluding hydrogens is 386 g/mol. The Kier molecular flexibility index (Phi) is 5.43. The Morgan fingerprint density at radius 2 is 1.52 bits per heavy atom. The van der Waals surface area contributed by atoms with Crippen LogP contribution >= 0.6 is 0 Å². The van der Waals surface area contributed by atoms with Gasteiger partial charge in [-0.25, -0.2) is 0 Å². The van der Waals surface area contributed by atoms with Crippen LogP contribution in [0.25, 0.3) is 10.8 Å².